The van der Waals surface area contributed by atoms with E-state index in [0.717, 1.165) is 32.2 Å². The summed E-state index contributed by atoms with van der Waals surface area (Å²) in [6.45, 7) is 1.37. The van der Waals surface area contributed by atoms with Crippen molar-refractivity contribution in [3.63, 3.8) is 0 Å². The van der Waals surface area contributed by atoms with Gasteiger partial charge in [-0.3, -0.25) is 9.79 Å². The van der Waals surface area contributed by atoms with Crippen LogP contribution < -0.4 is 16.8 Å². The van der Waals surface area contributed by atoms with Crippen LogP contribution in [0.25, 0.3) is 0 Å². The Morgan fingerprint density at radius 1 is 1.25 bits per heavy atom. The third-order valence-corrected chi connectivity index (χ3v) is 2.90. The Kier molecular flexibility index (Phi) is 5.67. The van der Waals surface area contributed by atoms with Crippen LogP contribution in [0.3, 0.4) is 0 Å². The second-order valence-electron chi connectivity index (χ2n) is 4.29. The fourth-order valence-electron chi connectivity index (χ4n) is 1.99. The highest BCUT2D eigenvalue weighted by Gasteiger charge is 2.21. The van der Waals surface area contributed by atoms with Crippen molar-refractivity contribution in [1.29, 1.82) is 0 Å². The van der Waals surface area contributed by atoms with Crippen LogP contribution in [0.4, 0.5) is 0 Å². The molecule has 0 aliphatic heterocycles. The molecule has 16 heavy (non-hydrogen) atoms. The predicted molar refractivity (Wildman–Crippen MR) is 64.9 cm³/mol. The van der Waals surface area contributed by atoms with Crippen LogP contribution in [0.1, 0.15) is 38.5 Å². The minimum atomic E-state index is 0.134. The zero-order valence-electron chi connectivity index (χ0n) is 9.74. The average molecular weight is 226 g/mol. The summed E-state index contributed by atoms with van der Waals surface area (Å²) in [4.78, 5) is 15.5. The van der Waals surface area contributed by atoms with Crippen LogP contribution in [-0.2, 0) is 4.79 Å². The van der Waals surface area contributed by atoms with Crippen LogP contribution in [0, 0.1) is 5.92 Å². The highest BCUT2D eigenvalue weighted by atomic mass is 16.1. The number of unbranched alkanes of at least 4 members (excludes halogenated alkanes) is 1. The Morgan fingerprint density at radius 2 is 1.94 bits per heavy atom. The summed E-state index contributed by atoms with van der Waals surface area (Å²) >= 11 is 0. The van der Waals surface area contributed by atoms with E-state index in [9.17, 15) is 4.79 Å². The van der Waals surface area contributed by atoms with E-state index in [1.54, 1.807) is 0 Å². The maximum atomic E-state index is 11.6. The molecule has 0 radical (unpaired) electrons. The van der Waals surface area contributed by atoms with Crippen LogP contribution in [0.5, 0.6) is 0 Å². The molecule has 1 fully saturated rings. The molecule has 1 aliphatic carbocycles. The molecule has 0 saturated heterocycles. The van der Waals surface area contributed by atoms with Gasteiger partial charge in [0.1, 0.15) is 0 Å². The first kappa shape index (κ1) is 12.8. The first-order valence-electron chi connectivity index (χ1n) is 6.03. The molecule has 0 atom stereocenters. The van der Waals surface area contributed by atoms with Crippen molar-refractivity contribution in [2.45, 2.75) is 38.5 Å². The smallest absolute Gasteiger partial charge is 0.223 e. The fourth-order valence-corrected chi connectivity index (χ4v) is 1.99. The van der Waals surface area contributed by atoms with Gasteiger partial charge in [-0.05, 0) is 25.7 Å². The van der Waals surface area contributed by atoms with Gasteiger partial charge in [0.15, 0.2) is 5.96 Å². The number of nitrogens with two attached hydrogens (primary N) is 2. The summed E-state index contributed by atoms with van der Waals surface area (Å²) in [6.07, 6.45) is 6.34. The molecular formula is C11H22N4O. The van der Waals surface area contributed by atoms with Crippen molar-refractivity contribution in [2.75, 3.05) is 13.1 Å². The minimum Gasteiger partial charge on any atom is -0.370 e. The van der Waals surface area contributed by atoms with Gasteiger partial charge in [-0.2, -0.15) is 0 Å². The van der Waals surface area contributed by atoms with Crippen molar-refractivity contribution < 1.29 is 4.79 Å². The molecule has 1 rings (SSSR count). The molecule has 5 heteroatoms. The van der Waals surface area contributed by atoms with E-state index in [0.29, 0.717) is 6.54 Å². The van der Waals surface area contributed by atoms with Gasteiger partial charge in [-0.25, -0.2) is 0 Å². The number of aliphatic imine (C=N–C) groups is 1. The van der Waals surface area contributed by atoms with Gasteiger partial charge in [0.25, 0.3) is 0 Å². The SMILES string of the molecule is NC(N)=NCCCCNC(=O)C1CCCC1. The van der Waals surface area contributed by atoms with E-state index in [2.05, 4.69) is 10.3 Å². The number of hydrogen-bond donors (Lipinski definition) is 3. The number of carbonyl (C=O) groups excluding carboxylic acids is 1. The Morgan fingerprint density at radius 3 is 2.56 bits per heavy atom. The number of guanidine groups is 1. The quantitative estimate of drug-likeness (QED) is 0.346. The lowest BCUT2D eigenvalue weighted by molar-refractivity contribution is -0.124. The highest BCUT2D eigenvalue weighted by Crippen LogP contribution is 2.24. The van der Waals surface area contributed by atoms with Gasteiger partial charge in [0, 0.05) is 19.0 Å². The number of hydrogen-bond acceptors (Lipinski definition) is 2. The lowest BCUT2D eigenvalue weighted by Gasteiger charge is -2.09. The highest BCUT2D eigenvalue weighted by molar-refractivity contribution is 5.78. The molecule has 0 heterocycles. The van der Waals surface area contributed by atoms with Crippen molar-refractivity contribution in [1.82, 2.24) is 5.32 Å². The van der Waals surface area contributed by atoms with Crippen molar-refractivity contribution >= 4 is 11.9 Å². The van der Waals surface area contributed by atoms with E-state index in [1.807, 2.05) is 0 Å². The zero-order valence-corrected chi connectivity index (χ0v) is 9.74. The molecule has 0 aromatic heterocycles. The Bertz CT molecular complexity index is 242. The Labute approximate surface area is 96.7 Å². The largest absolute Gasteiger partial charge is 0.370 e. The Hall–Kier alpha value is -1.26. The van der Waals surface area contributed by atoms with Crippen molar-refractivity contribution in [3.8, 4) is 0 Å². The summed E-state index contributed by atoms with van der Waals surface area (Å²) in [5.41, 5.74) is 10.4. The van der Waals surface area contributed by atoms with Crippen LogP contribution in [0.15, 0.2) is 4.99 Å². The lowest BCUT2D eigenvalue weighted by atomic mass is 10.1. The molecule has 0 aromatic carbocycles. The van der Waals surface area contributed by atoms with Crippen LogP contribution in [-0.4, -0.2) is 25.0 Å². The van der Waals surface area contributed by atoms with Gasteiger partial charge in [-0.15, -0.1) is 0 Å². The first-order chi connectivity index (χ1) is 7.70. The number of rotatable bonds is 6. The molecule has 0 aromatic rings. The maximum Gasteiger partial charge on any atom is 0.223 e. The molecule has 0 unspecified atom stereocenters. The lowest BCUT2D eigenvalue weighted by Crippen LogP contribution is -2.30. The standard InChI is InChI=1S/C11H22N4O/c12-11(13)15-8-4-3-7-14-10(16)9-5-1-2-6-9/h9H,1-8H2,(H,14,16)(H4,12,13,15). The first-order valence-corrected chi connectivity index (χ1v) is 6.03. The topological polar surface area (TPSA) is 93.5 Å². The number of nitrogens with zero attached hydrogens (tertiary/aromatic N) is 1. The molecule has 1 saturated carbocycles. The van der Waals surface area contributed by atoms with E-state index < -0.39 is 0 Å². The number of amides is 1. The number of nitrogens with one attached hydrogen (secondary N) is 1. The second-order valence-corrected chi connectivity index (χ2v) is 4.29. The fraction of sp³-hybridized carbons (Fsp3) is 0.818. The van der Waals surface area contributed by atoms with E-state index >= 15 is 0 Å². The monoisotopic (exact) mass is 226 g/mol. The van der Waals surface area contributed by atoms with Gasteiger partial charge < -0.3 is 16.8 Å². The Balaban J connectivity index is 1.98. The van der Waals surface area contributed by atoms with E-state index in [4.69, 9.17) is 11.5 Å². The molecule has 5 nitrogen and oxygen atoms in total. The third-order valence-electron chi connectivity index (χ3n) is 2.90. The normalized spacial score (nSPS) is 16.0. The minimum absolute atomic E-state index is 0.134. The van der Waals surface area contributed by atoms with Crippen molar-refractivity contribution in [2.24, 2.45) is 22.4 Å². The summed E-state index contributed by atoms with van der Waals surface area (Å²) in [7, 11) is 0. The average Bonchev–Trinajstić information content (AvgIpc) is 2.75. The maximum absolute atomic E-state index is 11.6. The summed E-state index contributed by atoms with van der Waals surface area (Å²) in [5.74, 6) is 0.618. The molecule has 1 aliphatic rings. The van der Waals surface area contributed by atoms with Gasteiger partial charge in [-0.1, -0.05) is 12.8 Å². The predicted octanol–water partition coefficient (Wildman–Crippen LogP) is 0.346. The van der Waals surface area contributed by atoms with Crippen LogP contribution in [0.2, 0.25) is 0 Å². The van der Waals surface area contributed by atoms with E-state index in [-0.39, 0.29) is 17.8 Å². The molecule has 0 spiro atoms. The molecule has 0 bridgehead atoms. The van der Waals surface area contributed by atoms with Crippen molar-refractivity contribution in [3.05, 3.63) is 0 Å². The van der Waals surface area contributed by atoms with E-state index in [1.165, 1.54) is 12.8 Å². The van der Waals surface area contributed by atoms with Gasteiger partial charge in [0.05, 0.1) is 0 Å². The van der Waals surface area contributed by atoms with Crippen LogP contribution >= 0.6 is 0 Å². The molecular weight excluding hydrogens is 204 g/mol. The number of carbonyl (C=O) groups is 1. The summed E-state index contributed by atoms with van der Waals surface area (Å²) in [6, 6.07) is 0. The zero-order chi connectivity index (χ0) is 11.8. The van der Waals surface area contributed by atoms with Gasteiger partial charge in [0.2, 0.25) is 5.91 Å². The molecule has 92 valence electrons. The molecule has 1 amide bonds. The second kappa shape index (κ2) is 7.09. The summed E-state index contributed by atoms with van der Waals surface area (Å²) in [5, 5.41) is 2.96. The third kappa shape index (κ3) is 5.00. The molecule has 5 N–H and O–H groups in total. The van der Waals surface area contributed by atoms with Gasteiger partial charge >= 0.3 is 0 Å². The summed E-state index contributed by atoms with van der Waals surface area (Å²) < 4.78 is 0.